The standard InChI is InChI=1S/C17H24N2O2/c1-3-4-5-6-7-11-17(15(20)18-16(21)19-17)14-10-8-9-13(2)12-14/h8-10,12H,3-7,11H2,1-2H3,(H2,18,19,20,21). The summed E-state index contributed by atoms with van der Waals surface area (Å²) in [7, 11) is 0. The zero-order chi connectivity index (χ0) is 15.3. The summed E-state index contributed by atoms with van der Waals surface area (Å²) in [6.07, 6.45) is 6.26. The van der Waals surface area contributed by atoms with Gasteiger partial charge in [-0.15, -0.1) is 0 Å². The summed E-state index contributed by atoms with van der Waals surface area (Å²) in [4.78, 5) is 24.0. The maximum absolute atomic E-state index is 12.3. The van der Waals surface area contributed by atoms with Crippen LogP contribution in [-0.2, 0) is 10.3 Å². The number of imide groups is 1. The van der Waals surface area contributed by atoms with Crippen molar-refractivity contribution in [2.45, 2.75) is 57.9 Å². The van der Waals surface area contributed by atoms with Gasteiger partial charge in [0, 0.05) is 0 Å². The minimum Gasteiger partial charge on any atom is -0.319 e. The third kappa shape index (κ3) is 3.43. The molecule has 1 heterocycles. The number of benzene rings is 1. The maximum atomic E-state index is 12.3. The number of hydrogen-bond acceptors (Lipinski definition) is 2. The molecule has 1 saturated heterocycles. The quantitative estimate of drug-likeness (QED) is 0.597. The predicted molar refractivity (Wildman–Crippen MR) is 82.9 cm³/mol. The van der Waals surface area contributed by atoms with Gasteiger partial charge in [0.2, 0.25) is 0 Å². The first-order chi connectivity index (χ1) is 10.1. The Hall–Kier alpha value is -1.84. The Morgan fingerprint density at radius 1 is 1.10 bits per heavy atom. The fourth-order valence-electron chi connectivity index (χ4n) is 2.92. The molecule has 1 atom stereocenters. The van der Waals surface area contributed by atoms with E-state index in [9.17, 15) is 9.59 Å². The zero-order valence-corrected chi connectivity index (χ0v) is 12.9. The Balaban J connectivity index is 2.16. The van der Waals surface area contributed by atoms with E-state index >= 15 is 0 Å². The summed E-state index contributed by atoms with van der Waals surface area (Å²) in [5, 5.41) is 5.24. The molecule has 2 N–H and O–H groups in total. The molecule has 4 nitrogen and oxygen atoms in total. The van der Waals surface area contributed by atoms with Crippen molar-refractivity contribution in [1.29, 1.82) is 0 Å². The van der Waals surface area contributed by atoms with Crippen molar-refractivity contribution in [1.82, 2.24) is 10.6 Å². The molecule has 1 aliphatic heterocycles. The van der Waals surface area contributed by atoms with Gasteiger partial charge in [-0.1, -0.05) is 68.9 Å². The lowest BCUT2D eigenvalue weighted by Gasteiger charge is -2.27. The molecule has 1 unspecified atom stereocenters. The highest BCUT2D eigenvalue weighted by Gasteiger charge is 2.46. The zero-order valence-electron chi connectivity index (χ0n) is 12.9. The number of carbonyl (C=O) groups excluding carboxylic acids is 2. The molecule has 1 aliphatic rings. The summed E-state index contributed by atoms with van der Waals surface area (Å²) < 4.78 is 0. The highest BCUT2D eigenvalue weighted by Crippen LogP contribution is 2.31. The van der Waals surface area contributed by atoms with E-state index in [0.29, 0.717) is 6.42 Å². The summed E-state index contributed by atoms with van der Waals surface area (Å²) in [6.45, 7) is 4.17. The monoisotopic (exact) mass is 288 g/mol. The van der Waals surface area contributed by atoms with Crippen molar-refractivity contribution in [2.75, 3.05) is 0 Å². The van der Waals surface area contributed by atoms with Gasteiger partial charge in [0.05, 0.1) is 0 Å². The van der Waals surface area contributed by atoms with Gasteiger partial charge in [0.1, 0.15) is 5.54 Å². The first-order valence-electron chi connectivity index (χ1n) is 7.79. The molecule has 1 aromatic rings. The lowest BCUT2D eigenvalue weighted by atomic mass is 9.84. The third-order valence-electron chi connectivity index (χ3n) is 4.11. The van der Waals surface area contributed by atoms with Gasteiger partial charge in [-0.25, -0.2) is 4.79 Å². The number of rotatable bonds is 7. The van der Waals surface area contributed by atoms with E-state index in [1.807, 2.05) is 31.2 Å². The van der Waals surface area contributed by atoms with E-state index in [2.05, 4.69) is 17.6 Å². The highest BCUT2D eigenvalue weighted by molar-refractivity contribution is 6.07. The number of nitrogens with one attached hydrogen (secondary N) is 2. The van der Waals surface area contributed by atoms with Crippen molar-refractivity contribution in [2.24, 2.45) is 0 Å². The number of hydrogen-bond donors (Lipinski definition) is 2. The average molecular weight is 288 g/mol. The Morgan fingerprint density at radius 2 is 1.86 bits per heavy atom. The molecule has 4 heteroatoms. The Kier molecular flexibility index (Phi) is 4.99. The van der Waals surface area contributed by atoms with Crippen molar-refractivity contribution >= 4 is 11.9 Å². The van der Waals surface area contributed by atoms with E-state index in [0.717, 1.165) is 24.0 Å². The molecule has 0 saturated carbocycles. The van der Waals surface area contributed by atoms with Crippen LogP contribution in [0.2, 0.25) is 0 Å². The van der Waals surface area contributed by atoms with Gasteiger partial charge in [-0.3, -0.25) is 10.1 Å². The second kappa shape index (κ2) is 6.74. The van der Waals surface area contributed by atoms with Gasteiger partial charge >= 0.3 is 6.03 Å². The summed E-state index contributed by atoms with van der Waals surface area (Å²) in [6, 6.07) is 7.44. The normalized spacial score (nSPS) is 21.2. The predicted octanol–water partition coefficient (Wildman–Crippen LogP) is 3.39. The second-order valence-electron chi connectivity index (χ2n) is 5.85. The van der Waals surface area contributed by atoms with Gasteiger partial charge in [0.25, 0.3) is 5.91 Å². The minimum absolute atomic E-state index is 0.228. The Bertz CT molecular complexity index is 527. The van der Waals surface area contributed by atoms with E-state index in [4.69, 9.17) is 0 Å². The molecule has 2 rings (SSSR count). The summed E-state index contributed by atoms with van der Waals surface area (Å²) in [5.74, 6) is -0.228. The van der Waals surface area contributed by atoms with Gasteiger partial charge in [-0.05, 0) is 18.9 Å². The molecule has 0 spiro atoms. The number of aryl methyl sites for hydroxylation is 1. The molecule has 114 valence electrons. The fraction of sp³-hybridized carbons (Fsp3) is 0.529. The second-order valence-corrected chi connectivity index (χ2v) is 5.85. The third-order valence-corrected chi connectivity index (χ3v) is 4.11. The van der Waals surface area contributed by atoms with Crippen LogP contribution in [0.5, 0.6) is 0 Å². The first kappa shape index (κ1) is 15.5. The van der Waals surface area contributed by atoms with Crippen LogP contribution in [0.25, 0.3) is 0 Å². The number of urea groups is 1. The first-order valence-corrected chi connectivity index (χ1v) is 7.79. The lowest BCUT2D eigenvalue weighted by molar-refractivity contribution is -0.124. The van der Waals surface area contributed by atoms with Crippen LogP contribution in [0.4, 0.5) is 4.79 Å². The summed E-state index contributed by atoms with van der Waals surface area (Å²) >= 11 is 0. The van der Waals surface area contributed by atoms with Crippen molar-refractivity contribution in [3.8, 4) is 0 Å². The molecular formula is C17H24N2O2. The summed E-state index contributed by atoms with van der Waals surface area (Å²) in [5.41, 5.74) is 1.07. The average Bonchev–Trinajstić information content (AvgIpc) is 2.74. The topological polar surface area (TPSA) is 58.2 Å². The fourth-order valence-corrected chi connectivity index (χ4v) is 2.92. The van der Waals surface area contributed by atoms with Crippen molar-refractivity contribution in [3.63, 3.8) is 0 Å². The minimum atomic E-state index is -0.894. The molecule has 0 aliphatic carbocycles. The van der Waals surface area contributed by atoms with Gasteiger partial charge < -0.3 is 5.32 Å². The number of amides is 3. The SMILES string of the molecule is CCCCCCCC1(c2cccc(C)c2)NC(=O)NC1=O. The van der Waals surface area contributed by atoms with E-state index in [1.165, 1.54) is 19.3 Å². The maximum Gasteiger partial charge on any atom is 0.322 e. The van der Waals surface area contributed by atoms with Crippen LogP contribution in [0, 0.1) is 6.92 Å². The van der Waals surface area contributed by atoms with Crippen LogP contribution in [0.1, 0.15) is 56.6 Å². The van der Waals surface area contributed by atoms with Crippen LogP contribution in [0.15, 0.2) is 24.3 Å². The highest BCUT2D eigenvalue weighted by atomic mass is 16.2. The molecule has 1 fully saturated rings. The van der Waals surface area contributed by atoms with Crippen LogP contribution in [0.3, 0.4) is 0 Å². The molecule has 1 aromatic carbocycles. The van der Waals surface area contributed by atoms with Crippen molar-refractivity contribution < 1.29 is 9.59 Å². The molecule has 21 heavy (non-hydrogen) atoms. The number of carbonyl (C=O) groups is 2. The van der Waals surface area contributed by atoms with Crippen LogP contribution >= 0.6 is 0 Å². The molecule has 0 aromatic heterocycles. The lowest BCUT2D eigenvalue weighted by Crippen LogP contribution is -2.43. The molecular weight excluding hydrogens is 264 g/mol. The van der Waals surface area contributed by atoms with Gasteiger partial charge in [0.15, 0.2) is 0 Å². The van der Waals surface area contributed by atoms with Crippen molar-refractivity contribution in [3.05, 3.63) is 35.4 Å². The van der Waals surface area contributed by atoms with E-state index < -0.39 is 11.6 Å². The Morgan fingerprint density at radius 3 is 2.48 bits per heavy atom. The smallest absolute Gasteiger partial charge is 0.319 e. The van der Waals surface area contributed by atoms with E-state index in [-0.39, 0.29) is 5.91 Å². The largest absolute Gasteiger partial charge is 0.322 e. The molecule has 0 bridgehead atoms. The Labute approximate surface area is 126 Å². The molecule has 3 amide bonds. The van der Waals surface area contributed by atoms with E-state index in [1.54, 1.807) is 0 Å². The number of unbranched alkanes of at least 4 members (excludes halogenated alkanes) is 4. The van der Waals surface area contributed by atoms with Crippen LogP contribution < -0.4 is 10.6 Å². The van der Waals surface area contributed by atoms with Gasteiger partial charge in [-0.2, -0.15) is 0 Å². The molecule has 0 radical (unpaired) electrons. The van der Waals surface area contributed by atoms with Crippen LogP contribution in [-0.4, -0.2) is 11.9 Å².